The van der Waals surface area contributed by atoms with Gasteiger partial charge in [0.15, 0.2) is 0 Å². The van der Waals surface area contributed by atoms with Crippen LogP contribution in [0.15, 0.2) is 48.7 Å². The van der Waals surface area contributed by atoms with E-state index in [2.05, 4.69) is 72.1 Å². The number of carbonyl (C=O) groups is 1. The Bertz CT molecular complexity index is 1520. The van der Waals surface area contributed by atoms with E-state index in [-0.39, 0.29) is 29.2 Å². The standard InChI is InChI=1S/C32H40N8O3/c1-21-19-42-30(41)39(21)26-7-6-8-27(35-26)40-25-17-31(2,3)43-20-32(25,4)24-18-33-29(36-28(24)40)34-22-9-11-23(12-10-22)38-15-13-37(5)14-16-38/h6-12,18,21,25H,13-17,19-20H2,1-5H3,(H,33,34,36)/t21-,25-,32-/m1/s1. The molecule has 0 aliphatic carbocycles. The van der Waals surface area contributed by atoms with Gasteiger partial charge in [-0.1, -0.05) is 13.0 Å². The fourth-order valence-corrected chi connectivity index (χ4v) is 6.73. The number of nitrogens with zero attached hydrogens (tertiary/aromatic N) is 7. The molecule has 3 fully saturated rings. The average molecular weight is 585 g/mol. The average Bonchev–Trinajstić information content (AvgIpc) is 3.45. The number of hydrogen-bond acceptors (Lipinski definition) is 10. The van der Waals surface area contributed by atoms with Gasteiger partial charge in [0.1, 0.15) is 24.1 Å². The molecule has 11 heteroatoms. The lowest BCUT2D eigenvalue weighted by Crippen LogP contribution is -2.54. The minimum atomic E-state index is -0.372. The summed E-state index contributed by atoms with van der Waals surface area (Å²) in [5, 5.41) is 3.42. The predicted octanol–water partition coefficient (Wildman–Crippen LogP) is 4.69. The van der Waals surface area contributed by atoms with Gasteiger partial charge >= 0.3 is 6.09 Å². The smallest absolute Gasteiger partial charge is 0.415 e. The Morgan fingerprint density at radius 1 is 0.953 bits per heavy atom. The maximum absolute atomic E-state index is 12.5. The number of hydrogen-bond donors (Lipinski definition) is 1. The van der Waals surface area contributed by atoms with Crippen LogP contribution >= 0.6 is 0 Å². The van der Waals surface area contributed by atoms with Crippen LogP contribution in [0.2, 0.25) is 0 Å². The highest BCUT2D eigenvalue weighted by atomic mass is 16.6. The highest BCUT2D eigenvalue weighted by Gasteiger charge is 2.55. The van der Waals surface area contributed by atoms with Gasteiger partial charge in [0.2, 0.25) is 5.95 Å². The third-order valence-electron chi connectivity index (χ3n) is 9.40. The van der Waals surface area contributed by atoms with Gasteiger partial charge in [-0.2, -0.15) is 4.98 Å². The Hall–Kier alpha value is -3.96. The Balaban J connectivity index is 1.22. The number of fused-ring (bicyclic) bond motifs is 3. The third kappa shape index (κ3) is 4.94. The second-order valence-corrected chi connectivity index (χ2v) is 13.1. The number of pyridine rings is 1. The zero-order valence-electron chi connectivity index (χ0n) is 25.6. The first-order valence-corrected chi connectivity index (χ1v) is 15.2. The van der Waals surface area contributed by atoms with Crippen molar-refractivity contribution in [2.24, 2.45) is 0 Å². The van der Waals surface area contributed by atoms with Gasteiger partial charge in [-0.3, -0.25) is 4.90 Å². The summed E-state index contributed by atoms with van der Waals surface area (Å²) in [5.74, 6) is 2.63. The summed E-state index contributed by atoms with van der Waals surface area (Å²) in [5.41, 5.74) is 2.55. The van der Waals surface area contributed by atoms with Crippen LogP contribution in [0.4, 0.5) is 39.6 Å². The van der Waals surface area contributed by atoms with Crippen molar-refractivity contribution in [2.75, 3.05) is 66.5 Å². The predicted molar refractivity (Wildman–Crippen MR) is 167 cm³/mol. The molecule has 0 unspecified atom stereocenters. The van der Waals surface area contributed by atoms with Crippen molar-refractivity contribution >= 4 is 40.9 Å². The van der Waals surface area contributed by atoms with E-state index in [1.807, 2.05) is 31.3 Å². The Morgan fingerprint density at radius 3 is 2.37 bits per heavy atom. The van der Waals surface area contributed by atoms with Crippen LogP contribution in [-0.2, 0) is 14.9 Å². The minimum absolute atomic E-state index is 0.0457. The number of aromatic nitrogens is 3. The van der Waals surface area contributed by atoms with Gasteiger partial charge in [0.05, 0.1) is 24.3 Å². The van der Waals surface area contributed by atoms with Gasteiger partial charge in [-0.05, 0) is 70.6 Å². The molecular weight excluding hydrogens is 544 g/mol. The molecule has 0 radical (unpaired) electrons. The lowest BCUT2D eigenvalue weighted by Gasteiger charge is -2.46. The van der Waals surface area contributed by atoms with Crippen LogP contribution in [0.1, 0.15) is 39.7 Å². The van der Waals surface area contributed by atoms with Crippen molar-refractivity contribution in [1.29, 1.82) is 0 Å². The number of likely N-dealkylation sites (N-methyl/N-ethyl adjacent to an activating group) is 1. The Morgan fingerprint density at radius 2 is 1.67 bits per heavy atom. The molecule has 1 N–H and O–H groups in total. The van der Waals surface area contributed by atoms with E-state index in [1.54, 1.807) is 4.90 Å². The summed E-state index contributed by atoms with van der Waals surface area (Å²) in [4.78, 5) is 36.0. The lowest BCUT2D eigenvalue weighted by atomic mass is 9.73. The van der Waals surface area contributed by atoms with E-state index >= 15 is 0 Å². The van der Waals surface area contributed by atoms with E-state index in [0.29, 0.717) is 25.0 Å². The molecule has 3 atom stereocenters. The van der Waals surface area contributed by atoms with E-state index < -0.39 is 0 Å². The molecule has 2 aromatic heterocycles. The monoisotopic (exact) mass is 584 g/mol. The normalized spacial score (nSPS) is 26.7. The molecule has 226 valence electrons. The summed E-state index contributed by atoms with van der Waals surface area (Å²) in [6, 6.07) is 14.2. The molecular formula is C32H40N8O3. The first-order chi connectivity index (χ1) is 20.6. The van der Waals surface area contributed by atoms with Crippen LogP contribution in [0.3, 0.4) is 0 Å². The van der Waals surface area contributed by atoms with Crippen LogP contribution < -0.4 is 20.0 Å². The fourth-order valence-electron chi connectivity index (χ4n) is 6.73. The number of carbonyl (C=O) groups excluding carboxylic acids is 1. The lowest BCUT2D eigenvalue weighted by molar-refractivity contribution is -0.0893. The van der Waals surface area contributed by atoms with Gasteiger partial charge < -0.3 is 29.5 Å². The second-order valence-electron chi connectivity index (χ2n) is 13.1. The van der Waals surface area contributed by atoms with Crippen molar-refractivity contribution in [1.82, 2.24) is 19.9 Å². The van der Waals surface area contributed by atoms with Gasteiger partial charge in [-0.15, -0.1) is 0 Å². The summed E-state index contributed by atoms with van der Waals surface area (Å²) in [6.07, 6.45) is 2.34. The molecule has 7 rings (SSSR count). The van der Waals surface area contributed by atoms with Crippen molar-refractivity contribution in [2.45, 2.75) is 57.2 Å². The zero-order valence-corrected chi connectivity index (χ0v) is 25.6. The minimum Gasteiger partial charge on any atom is -0.447 e. The molecule has 0 saturated carbocycles. The third-order valence-corrected chi connectivity index (χ3v) is 9.40. The quantitative estimate of drug-likeness (QED) is 0.455. The van der Waals surface area contributed by atoms with Crippen molar-refractivity contribution in [3.63, 3.8) is 0 Å². The molecule has 3 saturated heterocycles. The first kappa shape index (κ1) is 27.8. The molecule has 1 aromatic carbocycles. The largest absolute Gasteiger partial charge is 0.447 e. The van der Waals surface area contributed by atoms with Crippen LogP contribution in [0, 0.1) is 0 Å². The number of piperazine rings is 1. The topological polar surface area (TPSA) is 99.2 Å². The Labute approximate surface area is 252 Å². The first-order valence-electron chi connectivity index (χ1n) is 15.2. The maximum Gasteiger partial charge on any atom is 0.415 e. The van der Waals surface area contributed by atoms with Crippen molar-refractivity contribution in [3.8, 4) is 0 Å². The number of rotatable bonds is 5. The van der Waals surface area contributed by atoms with Crippen molar-refractivity contribution in [3.05, 3.63) is 54.2 Å². The van der Waals surface area contributed by atoms with Gasteiger partial charge in [-0.25, -0.2) is 14.8 Å². The van der Waals surface area contributed by atoms with E-state index in [1.165, 1.54) is 5.69 Å². The number of nitrogens with one attached hydrogen (secondary N) is 1. The number of amides is 1. The van der Waals surface area contributed by atoms with E-state index in [9.17, 15) is 4.79 Å². The summed E-state index contributed by atoms with van der Waals surface area (Å²) in [6.45, 7) is 13.5. The molecule has 6 heterocycles. The van der Waals surface area contributed by atoms with Crippen molar-refractivity contribution < 1.29 is 14.3 Å². The van der Waals surface area contributed by atoms with Gasteiger partial charge in [0.25, 0.3) is 0 Å². The van der Waals surface area contributed by atoms with Crippen LogP contribution in [-0.4, -0.2) is 90.1 Å². The molecule has 4 aliphatic heterocycles. The summed E-state index contributed by atoms with van der Waals surface area (Å²) < 4.78 is 11.6. The number of anilines is 6. The highest BCUT2D eigenvalue weighted by molar-refractivity contribution is 5.89. The van der Waals surface area contributed by atoms with Gasteiger partial charge in [0, 0.05) is 54.7 Å². The second kappa shape index (κ2) is 10.3. The molecule has 43 heavy (non-hydrogen) atoms. The molecule has 0 spiro atoms. The Kier molecular flexibility index (Phi) is 6.70. The molecule has 4 aliphatic rings. The SMILES string of the molecule is C[C@@H]1COC(=O)N1c1cccc(N2c3nc(Nc4ccc(N5CCN(C)CC5)cc4)ncc3[C@@]3(C)COC(C)(C)C[C@@H]23)n1. The van der Waals surface area contributed by atoms with Crippen LogP contribution in [0.5, 0.6) is 0 Å². The maximum atomic E-state index is 12.5. The molecule has 11 nitrogen and oxygen atoms in total. The molecule has 0 bridgehead atoms. The zero-order chi connectivity index (χ0) is 29.9. The van der Waals surface area contributed by atoms with E-state index in [4.69, 9.17) is 24.4 Å². The number of cyclic esters (lactones) is 1. The summed E-state index contributed by atoms with van der Waals surface area (Å²) in [7, 11) is 2.17. The highest BCUT2D eigenvalue weighted by Crippen LogP contribution is 2.53. The number of benzene rings is 1. The number of ether oxygens (including phenoxy) is 2. The fraction of sp³-hybridized carbons (Fsp3) is 0.500. The molecule has 1 amide bonds. The van der Waals surface area contributed by atoms with Crippen LogP contribution in [0.25, 0.3) is 0 Å². The molecule has 3 aromatic rings. The summed E-state index contributed by atoms with van der Waals surface area (Å²) >= 11 is 0. The van der Waals surface area contributed by atoms with E-state index in [0.717, 1.165) is 55.5 Å².